The van der Waals surface area contributed by atoms with Gasteiger partial charge in [-0.05, 0) is 12.8 Å². The quantitative estimate of drug-likeness (QED) is 0.750. The van der Waals surface area contributed by atoms with Crippen LogP contribution in [0.25, 0.3) is 0 Å². The molecule has 0 fully saturated rings. The van der Waals surface area contributed by atoms with Gasteiger partial charge in [-0.2, -0.15) is 0 Å². The first-order chi connectivity index (χ1) is 8.19. The molecule has 0 aliphatic heterocycles. The van der Waals surface area contributed by atoms with E-state index >= 15 is 0 Å². The fourth-order valence-corrected chi connectivity index (χ4v) is 2.48. The van der Waals surface area contributed by atoms with Crippen molar-refractivity contribution in [1.82, 2.24) is 10.3 Å². The number of rotatable bonds is 8. The fourth-order valence-electron chi connectivity index (χ4n) is 1.70. The van der Waals surface area contributed by atoms with Gasteiger partial charge in [-0.25, -0.2) is 4.98 Å². The molecule has 1 aromatic heterocycles. The maximum absolute atomic E-state index is 11.1. The van der Waals surface area contributed by atoms with E-state index in [1.165, 1.54) is 0 Å². The van der Waals surface area contributed by atoms with Gasteiger partial charge in [0.05, 0.1) is 6.04 Å². The number of aliphatic carboxylic acids is 1. The van der Waals surface area contributed by atoms with E-state index in [-0.39, 0.29) is 6.04 Å². The summed E-state index contributed by atoms with van der Waals surface area (Å²) in [6, 6.07) is -0.420. The monoisotopic (exact) mass is 256 g/mol. The van der Waals surface area contributed by atoms with Crippen molar-refractivity contribution in [2.45, 2.75) is 51.6 Å². The third kappa shape index (κ3) is 4.44. The highest BCUT2D eigenvalue weighted by molar-refractivity contribution is 7.09. The summed E-state index contributed by atoms with van der Waals surface area (Å²) in [5, 5.41) is 15.2. The Morgan fingerprint density at radius 1 is 1.59 bits per heavy atom. The number of hydrogen-bond acceptors (Lipinski definition) is 4. The molecule has 0 spiro atoms. The predicted molar refractivity (Wildman–Crippen MR) is 69.2 cm³/mol. The van der Waals surface area contributed by atoms with Crippen molar-refractivity contribution in [3.05, 3.63) is 16.6 Å². The second-order valence-electron chi connectivity index (χ2n) is 4.03. The number of aromatic nitrogens is 1. The van der Waals surface area contributed by atoms with E-state index in [9.17, 15) is 4.79 Å². The molecule has 4 nitrogen and oxygen atoms in total. The van der Waals surface area contributed by atoms with Crippen LogP contribution >= 0.6 is 11.3 Å². The summed E-state index contributed by atoms with van der Waals surface area (Å²) in [4.78, 5) is 15.4. The lowest BCUT2D eigenvalue weighted by Crippen LogP contribution is -2.39. The van der Waals surface area contributed by atoms with Crippen LogP contribution in [-0.2, 0) is 4.79 Å². The molecule has 5 heteroatoms. The van der Waals surface area contributed by atoms with Crippen LogP contribution in [0.2, 0.25) is 0 Å². The molecule has 0 aliphatic carbocycles. The van der Waals surface area contributed by atoms with Crippen LogP contribution in [0.15, 0.2) is 11.6 Å². The van der Waals surface area contributed by atoms with Gasteiger partial charge in [0.25, 0.3) is 0 Å². The SMILES string of the molecule is CCCCC(NC(CC)c1nccs1)C(=O)O. The molecule has 0 radical (unpaired) electrons. The summed E-state index contributed by atoms with van der Waals surface area (Å²) < 4.78 is 0. The summed E-state index contributed by atoms with van der Waals surface area (Å²) in [5.74, 6) is -0.770. The van der Waals surface area contributed by atoms with E-state index in [4.69, 9.17) is 5.11 Å². The summed E-state index contributed by atoms with van der Waals surface area (Å²) in [6.45, 7) is 4.11. The van der Waals surface area contributed by atoms with Gasteiger partial charge in [0.1, 0.15) is 11.0 Å². The van der Waals surface area contributed by atoms with Gasteiger partial charge >= 0.3 is 5.97 Å². The summed E-state index contributed by atoms with van der Waals surface area (Å²) in [7, 11) is 0. The minimum absolute atomic E-state index is 0.0490. The molecule has 0 amide bonds. The number of carboxylic acids is 1. The Bertz CT molecular complexity index is 327. The van der Waals surface area contributed by atoms with E-state index in [1.54, 1.807) is 17.5 Å². The lowest BCUT2D eigenvalue weighted by Gasteiger charge is -2.20. The van der Waals surface area contributed by atoms with Crippen molar-refractivity contribution in [2.75, 3.05) is 0 Å². The second kappa shape index (κ2) is 7.40. The van der Waals surface area contributed by atoms with E-state index in [2.05, 4.69) is 17.2 Å². The maximum Gasteiger partial charge on any atom is 0.320 e. The first kappa shape index (κ1) is 14.1. The van der Waals surface area contributed by atoms with Crippen molar-refractivity contribution in [3.63, 3.8) is 0 Å². The van der Waals surface area contributed by atoms with Gasteiger partial charge in [-0.1, -0.05) is 26.7 Å². The molecule has 0 aromatic carbocycles. The molecule has 0 aliphatic rings. The minimum Gasteiger partial charge on any atom is -0.480 e. The predicted octanol–water partition coefficient (Wildman–Crippen LogP) is 2.83. The normalized spacial score (nSPS) is 14.5. The third-order valence-electron chi connectivity index (χ3n) is 2.70. The first-order valence-electron chi connectivity index (χ1n) is 6.07. The standard InChI is InChI=1S/C12H20N2O2S/c1-3-5-6-10(12(15)16)14-9(4-2)11-13-7-8-17-11/h7-10,14H,3-6H2,1-2H3,(H,15,16). The maximum atomic E-state index is 11.1. The van der Waals surface area contributed by atoms with E-state index < -0.39 is 12.0 Å². The van der Waals surface area contributed by atoms with Crippen molar-refractivity contribution in [3.8, 4) is 0 Å². The number of hydrogen-bond donors (Lipinski definition) is 2. The van der Waals surface area contributed by atoms with Gasteiger partial charge in [0.15, 0.2) is 0 Å². The highest BCUT2D eigenvalue weighted by Crippen LogP contribution is 2.20. The molecule has 17 heavy (non-hydrogen) atoms. The highest BCUT2D eigenvalue weighted by atomic mass is 32.1. The van der Waals surface area contributed by atoms with Crippen molar-refractivity contribution in [2.24, 2.45) is 0 Å². The van der Waals surface area contributed by atoms with Crippen LogP contribution in [0.5, 0.6) is 0 Å². The Balaban J connectivity index is 2.60. The van der Waals surface area contributed by atoms with Crippen molar-refractivity contribution in [1.29, 1.82) is 0 Å². The van der Waals surface area contributed by atoms with Crippen LogP contribution < -0.4 is 5.32 Å². The van der Waals surface area contributed by atoms with Crippen molar-refractivity contribution < 1.29 is 9.90 Å². The van der Waals surface area contributed by atoms with Crippen LogP contribution in [0.3, 0.4) is 0 Å². The Morgan fingerprint density at radius 3 is 2.82 bits per heavy atom. The molecule has 2 unspecified atom stereocenters. The van der Waals surface area contributed by atoms with Crippen LogP contribution in [0.4, 0.5) is 0 Å². The Labute approximate surface area is 106 Å². The van der Waals surface area contributed by atoms with Gasteiger partial charge in [0.2, 0.25) is 0 Å². The lowest BCUT2D eigenvalue weighted by atomic mass is 10.1. The van der Waals surface area contributed by atoms with Crippen LogP contribution in [0.1, 0.15) is 50.6 Å². The number of nitrogens with zero attached hydrogens (tertiary/aromatic N) is 1. The van der Waals surface area contributed by atoms with Crippen LogP contribution in [0, 0.1) is 0 Å². The number of carboxylic acid groups (broad SMARTS) is 1. The number of thiazole rings is 1. The van der Waals surface area contributed by atoms with Gasteiger partial charge in [0, 0.05) is 11.6 Å². The summed E-state index contributed by atoms with van der Waals surface area (Å²) >= 11 is 1.57. The number of unbranched alkanes of at least 4 members (excludes halogenated alkanes) is 1. The molecule has 2 N–H and O–H groups in total. The molecule has 1 rings (SSSR count). The molecule has 0 bridgehead atoms. The molecule has 1 aromatic rings. The van der Waals surface area contributed by atoms with Gasteiger partial charge in [-0.15, -0.1) is 11.3 Å². The molecule has 96 valence electrons. The smallest absolute Gasteiger partial charge is 0.320 e. The summed E-state index contributed by atoms with van der Waals surface area (Å²) in [5.41, 5.74) is 0. The summed E-state index contributed by atoms with van der Waals surface area (Å²) in [6.07, 6.45) is 5.22. The van der Waals surface area contributed by atoms with Crippen molar-refractivity contribution >= 4 is 17.3 Å². The number of nitrogens with one attached hydrogen (secondary N) is 1. The minimum atomic E-state index is -0.770. The topological polar surface area (TPSA) is 62.2 Å². The average Bonchev–Trinajstić information content (AvgIpc) is 2.82. The average molecular weight is 256 g/mol. The zero-order valence-electron chi connectivity index (χ0n) is 10.3. The number of carbonyl (C=O) groups is 1. The fraction of sp³-hybridized carbons (Fsp3) is 0.667. The molecule has 1 heterocycles. The van der Waals surface area contributed by atoms with Gasteiger partial charge in [-0.3, -0.25) is 10.1 Å². The second-order valence-corrected chi connectivity index (χ2v) is 4.96. The van der Waals surface area contributed by atoms with E-state index in [1.807, 2.05) is 12.3 Å². The van der Waals surface area contributed by atoms with E-state index in [0.29, 0.717) is 6.42 Å². The van der Waals surface area contributed by atoms with Gasteiger partial charge < -0.3 is 5.11 Å². The molecule has 0 saturated heterocycles. The van der Waals surface area contributed by atoms with Crippen LogP contribution in [-0.4, -0.2) is 22.1 Å². The molecule has 0 saturated carbocycles. The Kier molecular flexibility index (Phi) is 6.15. The Hall–Kier alpha value is -0.940. The highest BCUT2D eigenvalue weighted by Gasteiger charge is 2.22. The van der Waals surface area contributed by atoms with E-state index in [0.717, 1.165) is 24.3 Å². The zero-order chi connectivity index (χ0) is 12.7. The first-order valence-corrected chi connectivity index (χ1v) is 6.95. The Morgan fingerprint density at radius 2 is 2.35 bits per heavy atom. The lowest BCUT2D eigenvalue weighted by molar-refractivity contribution is -0.140. The third-order valence-corrected chi connectivity index (χ3v) is 3.59. The largest absolute Gasteiger partial charge is 0.480 e. The molecular weight excluding hydrogens is 236 g/mol. The molecule has 2 atom stereocenters. The zero-order valence-corrected chi connectivity index (χ0v) is 11.2. The molecular formula is C12H20N2O2S.